The van der Waals surface area contributed by atoms with E-state index < -0.39 is 6.17 Å². The molecule has 2 N–H and O–H groups in total. The first kappa shape index (κ1) is 33.2. The number of likely N-dealkylation sites (N-methyl/N-ethyl adjacent to an activating group) is 1. The van der Waals surface area contributed by atoms with E-state index >= 15 is 0 Å². The first-order valence-corrected chi connectivity index (χ1v) is 13.1. The number of alkyl halides is 1. The van der Waals surface area contributed by atoms with Crippen LogP contribution >= 0.6 is 0 Å². The predicted molar refractivity (Wildman–Crippen MR) is 133 cm³/mol. The van der Waals surface area contributed by atoms with Crippen molar-refractivity contribution in [3.8, 4) is 0 Å². The summed E-state index contributed by atoms with van der Waals surface area (Å²) >= 11 is 0. The Morgan fingerprint density at radius 1 is 0.735 bits per heavy atom. The van der Waals surface area contributed by atoms with Crippen molar-refractivity contribution in [2.45, 2.75) is 65.0 Å². The molecule has 2 unspecified atom stereocenters. The van der Waals surface area contributed by atoms with Gasteiger partial charge in [-0.2, -0.15) is 0 Å². The summed E-state index contributed by atoms with van der Waals surface area (Å²) in [5.74, 6) is -0.0390. The third kappa shape index (κ3) is 22.9. The molecule has 1 amide bonds. The van der Waals surface area contributed by atoms with Gasteiger partial charge in [0.15, 0.2) is 0 Å². The number of hydrogen-bond acceptors (Lipinski definition) is 7. The van der Waals surface area contributed by atoms with E-state index in [0.717, 1.165) is 51.5 Å². The molecule has 0 aromatic rings. The maximum Gasteiger partial charge on any atom is 0.223 e. The Balaban J connectivity index is 3.53. The van der Waals surface area contributed by atoms with Crippen LogP contribution in [0.15, 0.2) is 0 Å². The van der Waals surface area contributed by atoms with Crippen LogP contribution in [-0.2, 0) is 28.5 Å². The van der Waals surface area contributed by atoms with Crippen LogP contribution in [-0.4, -0.2) is 98.3 Å². The zero-order valence-electron chi connectivity index (χ0n) is 21.9. The van der Waals surface area contributed by atoms with Crippen molar-refractivity contribution in [2.24, 2.45) is 5.92 Å². The largest absolute Gasteiger partial charge is 0.378 e. The lowest BCUT2D eigenvalue weighted by atomic mass is 9.94. The molecule has 8 nitrogen and oxygen atoms in total. The molecule has 0 bridgehead atoms. The summed E-state index contributed by atoms with van der Waals surface area (Å²) in [5, 5.41) is 5.77. The van der Waals surface area contributed by atoms with E-state index in [-0.39, 0.29) is 25.0 Å². The fourth-order valence-corrected chi connectivity index (χ4v) is 3.18. The molecule has 0 spiro atoms. The van der Waals surface area contributed by atoms with Gasteiger partial charge in [0, 0.05) is 12.5 Å². The maximum absolute atomic E-state index is 14.0. The maximum atomic E-state index is 14.0. The van der Waals surface area contributed by atoms with Gasteiger partial charge in [-0.25, -0.2) is 4.39 Å². The van der Waals surface area contributed by atoms with Gasteiger partial charge in [-0.1, -0.05) is 46.0 Å². The van der Waals surface area contributed by atoms with Gasteiger partial charge in [-0.05, 0) is 19.9 Å². The second-order valence-corrected chi connectivity index (χ2v) is 8.31. The zero-order valence-corrected chi connectivity index (χ0v) is 21.9. The number of rotatable bonds is 27. The lowest BCUT2D eigenvalue weighted by molar-refractivity contribution is -0.125. The molecule has 0 radical (unpaired) electrons. The highest BCUT2D eigenvalue weighted by Gasteiger charge is 2.18. The van der Waals surface area contributed by atoms with Gasteiger partial charge in [0.1, 0.15) is 6.17 Å². The van der Waals surface area contributed by atoms with Crippen LogP contribution in [0.4, 0.5) is 4.39 Å². The second-order valence-electron chi connectivity index (χ2n) is 8.31. The number of ether oxygens (including phenoxy) is 5. The highest BCUT2D eigenvalue weighted by molar-refractivity contribution is 5.78. The van der Waals surface area contributed by atoms with Crippen molar-refractivity contribution < 1.29 is 32.9 Å². The molecule has 0 aromatic carbocycles. The first-order valence-electron chi connectivity index (χ1n) is 13.1. The van der Waals surface area contributed by atoms with Crippen LogP contribution in [0.25, 0.3) is 0 Å². The standard InChI is InChI=1S/C25H51FN2O6/c1-4-6-8-10-23(9-7-5-2)25(29)28-21-24(26)22-34-20-19-33-18-17-32-16-15-31-14-13-30-12-11-27-3/h23-24,27H,4-22H2,1-3H3,(H,28,29). The van der Waals surface area contributed by atoms with Crippen molar-refractivity contribution in [1.29, 1.82) is 0 Å². The number of carbonyl (C=O) groups excluding carboxylic acids is 1. The lowest BCUT2D eigenvalue weighted by Gasteiger charge is -2.17. The monoisotopic (exact) mass is 494 g/mol. The normalized spacial score (nSPS) is 13.2. The Labute approximate surface area is 206 Å². The van der Waals surface area contributed by atoms with Gasteiger partial charge < -0.3 is 34.3 Å². The number of nitrogens with one attached hydrogen (secondary N) is 2. The molecule has 0 heterocycles. The highest BCUT2D eigenvalue weighted by Crippen LogP contribution is 2.17. The summed E-state index contributed by atoms with van der Waals surface area (Å²) in [6, 6.07) is 0. The number of carbonyl (C=O) groups is 1. The molecule has 0 aliphatic carbocycles. The average Bonchev–Trinajstić information content (AvgIpc) is 2.84. The smallest absolute Gasteiger partial charge is 0.223 e. The van der Waals surface area contributed by atoms with Crippen molar-refractivity contribution >= 4 is 5.91 Å². The third-order valence-electron chi connectivity index (χ3n) is 5.21. The molecule has 204 valence electrons. The molecular formula is C25H51FN2O6. The molecule has 34 heavy (non-hydrogen) atoms. The third-order valence-corrected chi connectivity index (χ3v) is 5.21. The van der Waals surface area contributed by atoms with Crippen molar-refractivity contribution in [3.05, 3.63) is 0 Å². The fourth-order valence-electron chi connectivity index (χ4n) is 3.18. The van der Waals surface area contributed by atoms with Gasteiger partial charge in [0.2, 0.25) is 5.91 Å². The van der Waals surface area contributed by atoms with Crippen LogP contribution in [0.3, 0.4) is 0 Å². The Morgan fingerprint density at radius 3 is 1.76 bits per heavy atom. The molecule has 0 saturated heterocycles. The molecule has 0 aromatic heterocycles. The van der Waals surface area contributed by atoms with Gasteiger partial charge in [-0.3, -0.25) is 4.79 Å². The van der Waals surface area contributed by atoms with Crippen LogP contribution in [0.5, 0.6) is 0 Å². The molecule has 0 fully saturated rings. The van der Waals surface area contributed by atoms with E-state index in [9.17, 15) is 9.18 Å². The first-order chi connectivity index (χ1) is 16.7. The molecule has 0 aliphatic heterocycles. The minimum absolute atomic E-state index is 0.00588. The van der Waals surface area contributed by atoms with Crippen LogP contribution in [0.2, 0.25) is 0 Å². The van der Waals surface area contributed by atoms with Crippen molar-refractivity contribution in [2.75, 3.05) is 86.2 Å². The minimum atomic E-state index is -1.22. The second kappa shape index (κ2) is 26.8. The molecular weight excluding hydrogens is 443 g/mol. The summed E-state index contributed by atoms with van der Waals surface area (Å²) < 4.78 is 40.9. The SMILES string of the molecule is CCCCCC(CCCC)C(=O)NCC(F)COCCOCCOCCOCCOCCNC. The Bertz CT molecular complexity index is 434. The Morgan fingerprint density at radius 2 is 1.24 bits per heavy atom. The number of hydrogen-bond donors (Lipinski definition) is 2. The molecule has 0 rings (SSSR count). The topological polar surface area (TPSA) is 87.3 Å². The number of amides is 1. The van der Waals surface area contributed by atoms with Crippen molar-refractivity contribution in [3.63, 3.8) is 0 Å². The Kier molecular flexibility index (Phi) is 26.1. The van der Waals surface area contributed by atoms with Crippen LogP contribution in [0.1, 0.15) is 58.8 Å². The highest BCUT2D eigenvalue weighted by atomic mass is 19.1. The minimum Gasteiger partial charge on any atom is -0.378 e. The predicted octanol–water partition coefficient (Wildman–Crippen LogP) is 3.13. The summed E-state index contributed by atoms with van der Waals surface area (Å²) in [7, 11) is 1.89. The summed E-state index contributed by atoms with van der Waals surface area (Å²) in [6.07, 6.45) is 5.94. The zero-order chi connectivity index (χ0) is 25.1. The molecule has 0 saturated carbocycles. The average molecular weight is 495 g/mol. The Hall–Kier alpha value is -0.840. The van der Waals surface area contributed by atoms with E-state index in [0.29, 0.717) is 59.5 Å². The van der Waals surface area contributed by atoms with Gasteiger partial charge in [-0.15, -0.1) is 0 Å². The fraction of sp³-hybridized carbons (Fsp3) is 0.960. The number of halogens is 1. The van der Waals surface area contributed by atoms with Crippen LogP contribution in [0, 0.1) is 5.92 Å². The molecule has 2 atom stereocenters. The molecule has 9 heteroatoms. The van der Waals surface area contributed by atoms with Crippen LogP contribution < -0.4 is 10.6 Å². The van der Waals surface area contributed by atoms with Gasteiger partial charge >= 0.3 is 0 Å². The number of unbranched alkanes of at least 4 members (excludes halogenated alkanes) is 3. The quantitative estimate of drug-likeness (QED) is 0.170. The lowest BCUT2D eigenvalue weighted by Crippen LogP contribution is -2.36. The van der Waals surface area contributed by atoms with E-state index in [4.69, 9.17) is 23.7 Å². The van der Waals surface area contributed by atoms with Crippen molar-refractivity contribution in [1.82, 2.24) is 10.6 Å². The molecule has 0 aliphatic rings. The summed E-state index contributed by atoms with van der Waals surface area (Å²) in [5.41, 5.74) is 0. The van der Waals surface area contributed by atoms with E-state index in [1.807, 2.05) is 7.05 Å². The van der Waals surface area contributed by atoms with E-state index in [2.05, 4.69) is 24.5 Å². The van der Waals surface area contributed by atoms with Gasteiger partial charge in [0.25, 0.3) is 0 Å². The summed E-state index contributed by atoms with van der Waals surface area (Å²) in [4.78, 5) is 12.4. The van der Waals surface area contributed by atoms with E-state index in [1.54, 1.807) is 0 Å². The van der Waals surface area contributed by atoms with E-state index in [1.165, 1.54) is 0 Å². The summed E-state index contributed by atoms with van der Waals surface area (Å²) in [6.45, 7) is 9.48. The van der Waals surface area contributed by atoms with Gasteiger partial charge in [0.05, 0.1) is 72.6 Å².